The molecule has 19 heavy (non-hydrogen) atoms. The highest BCUT2D eigenvalue weighted by Crippen LogP contribution is 2.23. The van der Waals surface area contributed by atoms with Crippen LogP contribution in [0.3, 0.4) is 0 Å². The second-order valence-corrected chi connectivity index (χ2v) is 7.83. The van der Waals surface area contributed by atoms with E-state index in [9.17, 15) is 4.79 Å². The maximum Gasteiger partial charge on any atom is 0.568 e. The summed E-state index contributed by atoms with van der Waals surface area (Å²) >= 11 is 0. The molecule has 4 nitrogen and oxygen atoms in total. The molecule has 0 saturated heterocycles. The van der Waals surface area contributed by atoms with Crippen LogP contribution in [0.15, 0.2) is 12.2 Å². The third kappa shape index (κ3) is 7.50. The summed E-state index contributed by atoms with van der Waals surface area (Å²) in [7, 11) is -2.98. The van der Waals surface area contributed by atoms with Crippen LogP contribution in [0.25, 0.3) is 0 Å². The predicted molar refractivity (Wildman–Crippen MR) is 78.8 cm³/mol. The lowest BCUT2D eigenvalue weighted by Gasteiger charge is -2.32. The Bertz CT molecular complexity index is 290. The molecule has 0 aromatic heterocycles. The molecule has 0 aliphatic heterocycles. The van der Waals surface area contributed by atoms with Gasteiger partial charge in [-0.3, -0.25) is 0 Å². The van der Waals surface area contributed by atoms with E-state index in [2.05, 4.69) is 13.5 Å². The quantitative estimate of drug-likeness (QED) is 0.479. The number of hydrogen-bond donors (Lipinski definition) is 0. The van der Waals surface area contributed by atoms with E-state index < -0.39 is 14.8 Å². The van der Waals surface area contributed by atoms with Gasteiger partial charge in [-0.2, -0.15) is 0 Å². The zero-order chi connectivity index (χ0) is 15.1. The minimum absolute atomic E-state index is 0.0415. The fourth-order valence-electron chi connectivity index (χ4n) is 1.58. The van der Waals surface area contributed by atoms with Gasteiger partial charge in [0.2, 0.25) is 0 Å². The molecule has 0 N–H and O–H groups in total. The highest BCUT2D eigenvalue weighted by atomic mass is 28.4. The predicted octanol–water partition coefficient (Wildman–Crippen LogP) is 3.69. The van der Waals surface area contributed by atoms with E-state index >= 15 is 0 Å². The first-order valence-corrected chi connectivity index (χ1v) is 8.90. The van der Waals surface area contributed by atoms with E-state index in [0.717, 1.165) is 12.8 Å². The molecular weight excluding hydrogens is 260 g/mol. The van der Waals surface area contributed by atoms with Crippen LogP contribution in [0.1, 0.15) is 54.4 Å². The standard InChI is InChI=1S/C14H28O4Si/c1-8-9-10-19(16-12(4)5,17-13(6)7)18-14(15)11(2)3/h12-13H,2,8-10H2,1,3-7H3. The van der Waals surface area contributed by atoms with Gasteiger partial charge in [-0.1, -0.05) is 19.9 Å². The van der Waals surface area contributed by atoms with Crippen LogP contribution in [-0.2, 0) is 18.1 Å². The third-order valence-electron chi connectivity index (χ3n) is 2.26. The molecule has 0 atom stereocenters. The van der Waals surface area contributed by atoms with Crippen molar-refractivity contribution in [3.63, 3.8) is 0 Å². The van der Waals surface area contributed by atoms with Gasteiger partial charge >= 0.3 is 14.8 Å². The van der Waals surface area contributed by atoms with E-state index in [0.29, 0.717) is 11.6 Å². The van der Waals surface area contributed by atoms with Gasteiger partial charge in [0.25, 0.3) is 0 Å². The molecule has 0 spiro atoms. The van der Waals surface area contributed by atoms with Crippen molar-refractivity contribution in [1.82, 2.24) is 0 Å². The lowest BCUT2D eigenvalue weighted by Crippen LogP contribution is -2.50. The average Bonchev–Trinajstić information content (AvgIpc) is 2.24. The van der Waals surface area contributed by atoms with E-state index in [-0.39, 0.29) is 12.2 Å². The smallest absolute Gasteiger partial charge is 0.470 e. The van der Waals surface area contributed by atoms with Gasteiger partial charge < -0.3 is 13.3 Å². The summed E-state index contributed by atoms with van der Waals surface area (Å²) in [5.74, 6) is -0.427. The summed E-state index contributed by atoms with van der Waals surface area (Å²) in [5.41, 5.74) is 0.369. The molecular formula is C14H28O4Si. The minimum Gasteiger partial charge on any atom is -0.470 e. The molecule has 0 saturated carbocycles. The molecule has 5 heteroatoms. The summed E-state index contributed by atoms with van der Waals surface area (Å²) < 4.78 is 17.4. The Labute approximate surface area is 118 Å². The van der Waals surface area contributed by atoms with E-state index in [1.54, 1.807) is 6.92 Å². The topological polar surface area (TPSA) is 44.8 Å². The van der Waals surface area contributed by atoms with Gasteiger partial charge in [-0.15, -0.1) is 0 Å². The van der Waals surface area contributed by atoms with Gasteiger partial charge in [0.1, 0.15) is 0 Å². The molecule has 0 bridgehead atoms. The zero-order valence-electron chi connectivity index (χ0n) is 13.1. The van der Waals surface area contributed by atoms with Crippen molar-refractivity contribution in [2.75, 3.05) is 0 Å². The Morgan fingerprint density at radius 1 is 1.16 bits per heavy atom. The van der Waals surface area contributed by atoms with Crippen molar-refractivity contribution in [3.8, 4) is 0 Å². The second-order valence-electron chi connectivity index (χ2n) is 5.29. The first-order chi connectivity index (χ1) is 8.72. The Kier molecular flexibility index (Phi) is 8.21. The summed E-state index contributed by atoms with van der Waals surface area (Å²) in [6.45, 7) is 15.0. The van der Waals surface area contributed by atoms with Crippen LogP contribution in [-0.4, -0.2) is 27.0 Å². The Morgan fingerprint density at radius 3 is 1.95 bits per heavy atom. The molecule has 0 heterocycles. The molecule has 0 fully saturated rings. The maximum atomic E-state index is 11.8. The van der Waals surface area contributed by atoms with Crippen LogP contribution < -0.4 is 0 Å². The number of unbranched alkanes of at least 4 members (excludes halogenated alkanes) is 1. The van der Waals surface area contributed by atoms with E-state index in [4.69, 9.17) is 13.3 Å². The minimum atomic E-state index is -2.98. The van der Waals surface area contributed by atoms with Crippen molar-refractivity contribution in [2.45, 2.75) is 72.6 Å². The SMILES string of the molecule is C=C(C)C(=O)O[Si](CCCC)(OC(C)C)OC(C)C. The van der Waals surface area contributed by atoms with Gasteiger partial charge in [0.05, 0.1) is 0 Å². The van der Waals surface area contributed by atoms with E-state index in [1.165, 1.54) is 0 Å². The third-order valence-corrected chi connectivity index (χ3v) is 5.39. The highest BCUT2D eigenvalue weighted by molar-refractivity contribution is 6.62. The van der Waals surface area contributed by atoms with Gasteiger partial charge in [-0.25, -0.2) is 4.79 Å². The van der Waals surface area contributed by atoms with E-state index in [1.807, 2.05) is 27.7 Å². The summed E-state index contributed by atoms with van der Waals surface area (Å²) in [4.78, 5) is 11.8. The maximum absolute atomic E-state index is 11.8. The molecule has 0 rings (SSSR count). The zero-order valence-corrected chi connectivity index (χ0v) is 14.1. The second kappa shape index (κ2) is 8.50. The van der Waals surface area contributed by atoms with Gasteiger partial charge in [0, 0.05) is 23.8 Å². The number of rotatable bonds is 9. The normalized spacial score (nSPS) is 12.0. The first-order valence-electron chi connectivity index (χ1n) is 6.97. The molecule has 0 amide bonds. The number of carbonyl (C=O) groups is 1. The highest BCUT2D eigenvalue weighted by Gasteiger charge is 2.46. The van der Waals surface area contributed by atoms with Crippen molar-refractivity contribution < 1.29 is 18.1 Å². The molecule has 0 aromatic carbocycles. The lowest BCUT2D eigenvalue weighted by molar-refractivity contribution is -0.136. The van der Waals surface area contributed by atoms with Crippen molar-refractivity contribution >= 4 is 14.8 Å². The molecule has 112 valence electrons. The molecule has 0 aliphatic rings. The summed E-state index contributed by atoms with van der Waals surface area (Å²) in [6.07, 6.45) is 1.83. The Morgan fingerprint density at radius 2 is 1.63 bits per heavy atom. The van der Waals surface area contributed by atoms with Crippen LogP contribution in [0.5, 0.6) is 0 Å². The van der Waals surface area contributed by atoms with Crippen molar-refractivity contribution in [3.05, 3.63) is 12.2 Å². The Balaban J connectivity index is 5.08. The number of hydrogen-bond acceptors (Lipinski definition) is 4. The van der Waals surface area contributed by atoms with Crippen LogP contribution >= 0.6 is 0 Å². The first kappa shape index (κ1) is 18.3. The summed E-state index contributed by atoms with van der Waals surface area (Å²) in [6, 6.07) is 0.652. The van der Waals surface area contributed by atoms with Crippen LogP contribution in [0.2, 0.25) is 6.04 Å². The average molecular weight is 288 g/mol. The number of carbonyl (C=O) groups excluding carboxylic acids is 1. The molecule has 0 aromatic rings. The van der Waals surface area contributed by atoms with Crippen molar-refractivity contribution in [2.24, 2.45) is 0 Å². The van der Waals surface area contributed by atoms with Gasteiger partial charge in [-0.05, 0) is 41.0 Å². The van der Waals surface area contributed by atoms with Crippen molar-refractivity contribution in [1.29, 1.82) is 0 Å². The van der Waals surface area contributed by atoms with Gasteiger partial charge in [0.15, 0.2) is 0 Å². The monoisotopic (exact) mass is 288 g/mol. The largest absolute Gasteiger partial charge is 0.568 e. The molecule has 0 unspecified atom stereocenters. The summed E-state index contributed by atoms with van der Waals surface area (Å²) in [5, 5.41) is 0. The fourth-order valence-corrected chi connectivity index (χ4v) is 4.75. The van der Waals surface area contributed by atoms with Crippen LogP contribution in [0, 0.1) is 0 Å². The Hall–Kier alpha value is -0.653. The fraction of sp³-hybridized carbons (Fsp3) is 0.786. The van der Waals surface area contributed by atoms with Crippen LogP contribution in [0.4, 0.5) is 0 Å². The lowest BCUT2D eigenvalue weighted by atomic mass is 10.4. The molecule has 0 aliphatic carbocycles. The molecule has 0 radical (unpaired) electrons.